The Labute approximate surface area is 181 Å². The normalized spacial score (nSPS) is 14.1. The van der Waals surface area contributed by atoms with Gasteiger partial charge < -0.3 is 5.32 Å². The molecule has 0 bridgehead atoms. The van der Waals surface area contributed by atoms with Gasteiger partial charge in [-0.2, -0.15) is 0 Å². The van der Waals surface area contributed by atoms with E-state index in [1.807, 2.05) is 45.0 Å². The summed E-state index contributed by atoms with van der Waals surface area (Å²) in [6, 6.07) is 14.3. The third-order valence-electron chi connectivity index (χ3n) is 5.25. The van der Waals surface area contributed by atoms with Crippen molar-refractivity contribution in [3.8, 4) is 0 Å². The lowest BCUT2D eigenvalue weighted by Gasteiger charge is -2.31. The molecule has 0 unspecified atom stereocenters. The first-order valence-corrected chi connectivity index (χ1v) is 12.2. The minimum atomic E-state index is -3.64. The number of benzene rings is 2. The van der Waals surface area contributed by atoms with Crippen LogP contribution in [0.3, 0.4) is 0 Å². The van der Waals surface area contributed by atoms with Gasteiger partial charge in [0.25, 0.3) is 0 Å². The molecule has 0 aliphatic rings. The van der Waals surface area contributed by atoms with Crippen LogP contribution in [0.5, 0.6) is 0 Å². The Hall–Kier alpha value is -2.34. The van der Waals surface area contributed by atoms with Crippen LogP contribution in [0.25, 0.3) is 0 Å². The summed E-state index contributed by atoms with van der Waals surface area (Å²) in [6.45, 7) is 12.1. The molecule has 0 fully saturated rings. The Morgan fingerprint density at radius 2 is 1.57 bits per heavy atom. The fraction of sp³-hybridized carbons (Fsp3) is 0.458. The molecule has 0 aromatic heterocycles. The zero-order chi connectivity index (χ0) is 22.7. The molecule has 0 heterocycles. The molecule has 164 valence electrons. The molecule has 2 aromatic carbocycles. The van der Waals surface area contributed by atoms with Gasteiger partial charge in [0.2, 0.25) is 15.9 Å². The lowest BCUT2D eigenvalue weighted by molar-refractivity contribution is -0.122. The van der Waals surface area contributed by atoms with Crippen molar-refractivity contribution in [2.75, 3.05) is 10.6 Å². The Bertz CT molecular complexity index is 959. The zero-order valence-electron chi connectivity index (χ0n) is 19.1. The second-order valence-corrected chi connectivity index (χ2v) is 10.8. The van der Waals surface area contributed by atoms with Crippen LogP contribution in [-0.4, -0.2) is 26.6 Å². The molecular formula is C24H34N2O3S. The predicted octanol–water partition coefficient (Wildman–Crippen LogP) is 4.71. The van der Waals surface area contributed by atoms with E-state index in [4.69, 9.17) is 0 Å². The van der Waals surface area contributed by atoms with Gasteiger partial charge in [-0.1, -0.05) is 69.7 Å². The number of aryl methyl sites for hydroxylation is 1. The van der Waals surface area contributed by atoms with E-state index in [9.17, 15) is 13.2 Å². The Morgan fingerprint density at radius 1 is 1.03 bits per heavy atom. The Morgan fingerprint density at radius 3 is 2.00 bits per heavy atom. The van der Waals surface area contributed by atoms with Crippen molar-refractivity contribution >= 4 is 21.6 Å². The number of nitrogens with zero attached hydrogens (tertiary/aromatic N) is 1. The van der Waals surface area contributed by atoms with Crippen LogP contribution in [0, 0.1) is 6.92 Å². The van der Waals surface area contributed by atoms with Crippen molar-refractivity contribution < 1.29 is 13.2 Å². The lowest BCUT2D eigenvalue weighted by atomic mass is 9.86. The molecule has 5 nitrogen and oxygen atoms in total. The number of carbonyl (C=O) groups is 1. The van der Waals surface area contributed by atoms with Gasteiger partial charge in [0.05, 0.1) is 18.0 Å². The van der Waals surface area contributed by atoms with E-state index in [-0.39, 0.29) is 17.4 Å². The van der Waals surface area contributed by atoms with Crippen molar-refractivity contribution in [3.63, 3.8) is 0 Å². The van der Waals surface area contributed by atoms with Gasteiger partial charge in [0, 0.05) is 0 Å². The number of amides is 1. The summed E-state index contributed by atoms with van der Waals surface area (Å²) in [6.07, 6.45) is 1.50. The van der Waals surface area contributed by atoms with Crippen LogP contribution < -0.4 is 9.62 Å². The fourth-order valence-electron chi connectivity index (χ4n) is 3.42. The average Bonchev–Trinajstić information content (AvgIpc) is 2.65. The summed E-state index contributed by atoms with van der Waals surface area (Å²) in [5.74, 6) is -0.309. The van der Waals surface area contributed by atoms with E-state index in [2.05, 4.69) is 38.2 Å². The number of anilines is 1. The molecule has 0 spiro atoms. The first-order valence-electron chi connectivity index (χ1n) is 10.3. The van der Waals surface area contributed by atoms with E-state index in [1.165, 1.54) is 9.87 Å². The van der Waals surface area contributed by atoms with E-state index >= 15 is 0 Å². The molecule has 0 radical (unpaired) electrons. The minimum absolute atomic E-state index is 0.0579. The standard InChI is InChI=1S/C24H34N2O3S/c1-8-22(26(30(7,28)29)21-15-9-17(2)10-16-21)23(27)25-18(3)19-11-13-20(14-12-19)24(4,5)6/h9-16,18,22H,8H2,1-7H3,(H,25,27)/t18-,22+/m0/s1. The SMILES string of the molecule is CC[C@H](C(=O)N[C@@H](C)c1ccc(C(C)(C)C)cc1)N(c1ccc(C)cc1)S(C)(=O)=O. The topological polar surface area (TPSA) is 66.5 Å². The minimum Gasteiger partial charge on any atom is -0.348 e. The van der Waals surface area contributed by atoms with Crippen LogP contribution in [-0.2, 0) is 20.2 Å². The van der Waals surface area contributed by atoms with Crippen LogP contribution in [0.2, 0.25) is 0 Å². The molecule has 0 aliphatic carbocycles. The summed E-state index contributed by atoms with van der Waals surface area (Å²) in [5.41, 5.74) is 3.78. The number of nitrogens with one attached hydrogen (secondary N) is 1. The van der Waals surface area contributed by atoms with Crippen molar-refractivity contribution in [3.05, 3.63) is 65.2 Å². The van der Waals surface area contributed by atoms with Crippen molar-refractivity contribution in [2.24, 2.45) is 0 Å². The maximum absolute atomic E-state index is 13.1. The van der Waals surface area contributed by atoms with Gasteiger partial charge in [-0.25, -0.2) is 8.42 Å². The van der Waals surface area contributed by atoms with Gasteiger partial charge in [0.1, 0.15) is 6.04 Å². The lowest BCUT2D eigenvalue weighted by Crippen LogP contribution is -2.49. The van der Waals surface area contributed by atoms with Crippen molar-refractivity contribution in [1.82, 2.24) is 5.32 Å². The van der Waals surface area contributed by atoms with Crippen molar-refractivity contribution in [2.45, 2.75) is 65.5 Å². The maximum atomic E-state index is 13.1. The smallest absolute Gasteiger partial charge is 0.244 e. The molecule has 0 saturated heterocycles. The third-order valence-corrected chi connectivity index (χ3v) is 6.43. The molecular weight excluding hydrogens is 396 g/mol. The second-order valence-electron chi connectivity index (χ2n) is 8.92. The second kappa shape index (κ2) is 9.21. The average molecular weight is 431 g/mol. The summed E-state index contributed by atoms with van der Waals surface area (Å²) in [5, 5.41) is 2.99. The highest BCUT2D eigenvalue weighted by Gasteiger charge is 2.32. The molecule has 2 rings (SSSR count). The Kier molecular flexibility index (Phi) is 7.35. The summed E-state index contributed by atoms with van der Waals surface area (Å²) in [4.78, 5) is 13.1. The van der Waals surface area contributed by atoms with E-state index in [1.54, 1.807) is 12.1 Å². The highest BCUT2D eigenvalue weighted by Crippen LogP contribution is 2.25. The van der Waals surface area contributed by atoms with Gasteiger partial charge in [-0.15, -0.1) is 0 Å². The third kappa shape index (κ3) is 5.85. The predicted molar refractivity (Wildman–Crippen MR) is 124 cm³/mol. The number of rotatable bonds is 7. The highest BCUT2D eigenvalue weighted by atomic mass is 32.2. The summed E-state index contributed by atoms with van der Waals surface area (Å²) in [7, 11) is -3.64. The van der Waals surface area contributed by atoms with E-state index < -0.39 is 16.1 Å². The van der Waals surface area contributed by atoms with E-state index in [0.29, 0.717) is 12.1 Å². The molecule has 30 heavy (non-hydrogen) atoms. The number of hydrogen-bond donors (Lipinski definition) is 1. The molecule has 1 N–H and O–H groups in total. The van der Waals surface area contributed by atoms with Crippen LogP contribution in [0.4, 0.5) is 5.69 Å². The monoisotopic (exact) mass is 430 g/mol. The molecule has 1 amide bonds. The van der Waals surface area contributed by atoms with Crippen molar-refractivity contribution in [1.29, 1.82) is 0 Å². The molecule has 0 saturated carbocycles. The maximum Gasteiger partial charge on any atom is 0.244 e. The van der Waals surface area contributed by atoms with Gasteiger partial charge in [0.15, 0.2) is 0 Å². The zero-order valence-corrected chi connectivity index (χ0v) is 19.9. The Balaban J connectivity index is 2.26. The largest absolute Gasteiger partial charge is 0.348 e. The van der Waals surface area contributed by atoms with Gasteiger partial charge in [-0.3, -0.25) is 9.10 Å². The molecule has 2 aromatic rings. The summed E-state index contributed by atoms with van der Waals surface area (Å²) >= 11 is 0. The van der Waals surface area contributed by atoms with Crippen LogP contribution in [0.1, 0.15) is 63.8 Å². The molecule has 2 atom stereocenters. The number of sulfonamides is 1. The highest BCUT2D eigenvalue weighted by molar-refractivity contribution is 7.92. The quantitative estimate of drug-likeness (QED) is 0.691. The molecule has 6 heteroatoms. The summed E-state index contributed by atoms with van der Waals surface area (Å²) < 4.78 is 26.3. The number of hydrogen-bond acceptors (Lipinski definition) is 3. The number of carbonyl (C=O) groups excluding carboxylic acids is 1. The molecule has 0 aliphatic heterocycles. The van der Waals surface area contributed by atoms with Gasteiger partial charge >= 0.3 is 0 Å². The fourth-order valence-corrected chi connectivity index (χ4v) is 4.63. The van der Waals surface area contributed by atoms with Gasteiger partial charge in [-0.05, 0) is 48.9 Å². The first kappa shape index (κ1) is 23.9. The van der Waals surface area contributed by atoms with E-state index in [0.717, 1.165) is 17.4 Å². The first-order chi connectivity index (χ1) is 13.8. The van der Waals surface area contributed by atoms with Crippen LogP contribution >= 0.6 is 0 Å². The van der Waals surface area contributed by atoms with Crippen LogP contribution in [0.15, 0.2) is 48.5 Å².